The maximum atomic E-state index is 13.1. The molecule has 0 aliphatic carbocycles. The smallest absolute Gasteiger partial charge is 0.285 e. The number of nitro benzene ring substituents is 1. The topological polar surface area (TPSA) is 92.5 Å². The largest absolute Gasteiger partial charge is 0.396 e. The molecule has 1 aromatic carbocycles. The number of rotatable bonds is 8. The molecule has 0 bridgehead atoms. The highest BCUT2D eigenvalue weighted by Gasteiger charge is 2.21. The van der Waals surface area contributed by atoms with Gasteiger partial charge in [0, 0.05) is 13.2 Å². The van der Waals surface area contributed by atoms with Crippen molar-refractivity contribution in [2.75, 3.05) is 13.2 Å². The van der Waals surface area contributed by atoms with Crippen molar-refractivity contribution >= 4 is 11.6 Å². The fourth-order valence-corrected chi connectivity index (χ4v) is 2.33. The molecule has 22 heavy (non-hydrogen) atoms. The first-order valence-electron chi connectivity index (χ1n) is 7.18. The van der Waals surface area contributed by atoms with E-state index in [1.165, 1.54) is 0 Å². The fourth-order valence-electron chi connectivity index (χ4n) is 2.33. The summed E-state index contributed by atoms with van der Waals surface area (Å²) >= 11 is 0. The first-order chi connectivity index (χ1) is 10.3. The molecule has 1 aromatic rings. The second-order valence-corrected chi connectivity index (χ2v) is 5.64. The maximum absolute atomic E-state index is 13.1. The summed E-state index contributed by atoms with van der Waals surface area (Å²) in [6, 6.07) is 2.85. The van der Waals surface area contributed by atoms with Gasteiger partial charge in [0.25, 0.3) is 11.6 Å². The molecule has 1 rings (SSSR count). The van der Waals surface area contributed by atoms with Crippen LogP contribution in [0.1, 0.15) is 37.0 Å². The summed E-state index contributed by atoms with van der Waals surface area (Å²) in [4.78, 5) is 22.2. The lowest BCUT2D eigenvalue weighted by Gasteiger charge is -2.18. The van der Waals surface area contributed by atoms with Crippen molar-refractivity contribution in [3.8, 4) is 0 Å². The van der Waals surface area contributed by atoms with Gasteiger partial charge in [-0.15, -0.1) is 0 Å². The normalized spacial score (nSPS) is 12.2. The Bertz CT molecular complexity index is 534. The third-order valence-corrected chi connectivity index (χ3v) is 3.29. The molecule has 0 aliphatic heterocycles. The van der Waals surface area contributed by atoms with E-state index in [1.807, 2.05) is 13.8 Å². The zero-order chi connectivity index (χ0) is 16.7. The molecule has 0 spiro atoms. The monoisotopic (exact) mass is 312 g/mol. The van der Waals surface area contributed by atoms with Crippen LogP contribution in [0.4, 0.5) is 10.1 Å². The lowest BCUT2D eigenvalue weighted by atomic mass is 9.94. The second-order valence-electron chi connectivity index (χ2n) is 5.64. The van der Waals surface area contributed by atoms with Crippen molar-refractivity contribution in [2.45, 2.75) is 26.7 Å². The SMILES string of the molecule is CC(C)CC(CCO)CNC(=O)c1ccc(F)cc1[N+](=O)[O-]. The molecule has 0 aliphatic rings. The van der Waals surface area contributed by atoms with Crippen LogP contribution in [0.3, 0.4) is 0 Å². The minimum atomic E-state index is -0.780. The lowest BCUT2D eigenvalue weighted by Crippen LogP contribution is -2.31. The number of halogens is 1. The van der Waals surface area contributed by atoms with E-state index in [1.54, 1.807) is 0 Å². The summed E-state index contributed by atoms with van der Waals surface area (Å²) < 4.78 is 13.1. The van der Waals surface area contributed by atoms with E-state index in [4.69, 9.17) is 5.11 Å². The average Bonchev–Trinajstić information content (AvgIpc) is 2.44. The summed E-state index contributed by atoms with van der Waals surface area (Å²) in [5, 5.41) is 22.6. The Balaban J connectivity index is 2.78. The minimum Gasteiger partial charge on any atom is -0.396 e. The number of nitrogens with zero attached hydrogens (tertiary/aromatic N) is 1. The summed E-state index contributed by atoms with van der Waals surface area (Å²) in [5.41, 5.74) is -0.723. The Labute approximate surface area is 128 Å². The highest BCUT2D eigenvalue weighted by molar-refractivity contribution is 5.98. The minimum absolute atomic E-state index is 0.0178. The molecular formula is C15H21FN2O4. The standard InChI is InChI=1S/C15H21FN2O4/c1-10(2)7-11(5-6-19)9-17-15(20)13-4-3-12(16)8-14(13)18(21)22/h3-4,8,10-11,19H,5-7,9H2,1-2H3,(H,17,20). The first-order valence-corrected chi connectivity index (χ1v) is 7.18. The molecule has 0 aromatic heterocycles. The van der Waals surface area contributed by atoms with Crippen LogP contribution in [-0.2, 0) is 0 Å². The van der Waals surface area contributed by atoms with Crippen molar-refractivity contribution < 1.29 is 19.2 Å². The van der Waals surface area contributed by atoms with E-state index in [0.29, 0.717) is 18.9 Å². The van der Waals surface area contributed by atoms with Crippen LogP contribution in [-0.4, -0.2) is 29.1 Å². The maximum Gasteiger partial charge on any atom is 0.285 e. The zero-order valence-corrected chi connectivity index (χ0v) is 12.7. The number of aliphatic hydroxyl groups is 1. The van der Waals surface area contributed by atoms with Crippen LogP contribution in [0.25, 0.3) is 0 Å². The number of amides is 1. The van der Waals surface area contributed by atoms with Gasteiger partial charge in [0.15, 0.2) is 0 Å². The Kier molecular flexibility index (Phi) is 6.91. The number of carbonyl (C=O) groups is 1. The van der Waals surface area contributed by atoms with E-state index >= 15 is 0 Å². The molecule has 0 heterocycles. The van der Waals surface area contributed by atoms with Gasteiger partial charge in [-0.3, -0.25) is 14.9 Å². The molecule has 7 heteroatoms. The molecule has 0 saturated carbocycles. The van der Waals surface area contributed by atoms with E-state index in [0.717, 1.165) is 24.6 Å². The van der Waals surface area contributed by atoms with Gasteiger partial charge in [-0.05, 0) is 36.8 Å². The van der Waals surface area contributed by atoms with Gasteiger partial charge in [-0.2, -0.15) is 0 Å². The summed E-state index contributed by atoms with van der Waals surface area (Å²) in [6.07, 6.45) is 1.37. The summed E-state index contributed by atoms with van der Waals surface area (Å²) in [6.45, 7) is 4.41. The van der Waals surface area contributed by atoms with Crippen molar-refractivity contribution in [1.29, 1.82) is 0 Å². The summed E-state index contributed by atoms with van der Waals surface area (Å²) in [5.74, 6) is -0.873. The molecule has 0 radical (unpaired) electrons. The van der Waals surface area contributed by atoms with Crippen LogP contribution in [0.2, 0.25) is 0 Å². The number of carbonyl (C=O) groups excluding carboxylic acids is 1. The highest BCUT2D eigenvalue weighted by atomic mass is 19.1. The van der Waals surface area contributed by atoms with Gasteiger partial charge >= 0.3 is 0 Å². The van der Waals surface area contributed by atoms with E-state index in [2.05, 4.69) is 5.32 Å². The van der Waals surface area contributed by atoms with Crippen molar-refractivity contribution in [3.63, 3.8) is 0 Å². The molecule has 0 saturated heterocycles. The third-order valence-electron chi connectivity index (χ3n) is 3.29. The number of benzene rings is 1. The van der Waals surface area contributed by atoms with Gasteiger partial charge in [0.1, 0.15) is 11.4 Å². The Morgan fingerprint density at radius 3 is 2.68 bits per heavy atom. The lowest BCUT2D eigenvalue weighted by molar-refractivity contribution is -0.385. The van der Waals surface area contributed by atoms with Crippen LogP contribution >= 0.6 is 0 Å². The first kappa shape index (κ1) is 18.0. The molecule has 122 valence electrons. The molecule has 2 N–H and O–H groups in total. The zero-order valence-electron chi connectivity index (χ0n) is 12.7. The van der Waals surface area contributed by atoms with E-state index in [-0.39, 0.29) is 18.1 Å². The molecule has 6 nitrogen and oxygen atoms in total. The highest BCUT2D eigenvalue weighted by Crippen LogP contribution is 2.20. The van der Waals surface area contributed by atoms with Gasteiger partial charge in [0.2, 0.25) is 0 Å². The van der Waals surface area contributed by atoms with E-state index in [9.17, 15) is 19.3 Å². The molecular weight excluding hydrogens is 291 g/mol. The van der Waals surface area contributed by atoms with Crippen molar-refractivity contribution in [2.24, 2.45) is 11.8 Å². The third kappa shape index (κ3) is 5.40. The number of nitro groups is 1. The van der Waals surface area contributed by atoms with Crippen LogP contribution in [0.15, 0.2) is 18.2 Å². The predicted octanol–water partition coefficient (Wildman–Crippen LogP) is 2.51. The quantitative estimate of drug-likeness (QED) is 0.570. The van der Waals surface area contributed by atoms with Gasteiger partial charge in [0.05, 0.1) is 11.0 Å². The number of hydrogen-bond donors (Lipinski definition) is 2. The Morgan fingerprint density at radius 1 is 1.45 bits per heavy atom. The van der Waals surface area contributed by atoms with Gasteiger partial charge in [-0.1, -0.05) is 13.8 Å². The number of hydrogen-bond acceptors (Lipinski definition) is 4. The Morgan fingerprint density at radius 2 is 2.14 bits per heavy atom. The fraction of sp³-hybridized carbons (Fsp3) is 0.533. The molecule has 1 atom stereocenters. The second kappa shape index (κ2) is 8.43. The number of aliphatic hydroxyl groups excluding tert-OH is 1. The van der Waals surface area contributed by atoms with Crippen molar-refractivity contribution in [1.82, 2.24) is 5.32 Å². The molecule has 1 amide bonds. The van der Waals surface area contributed by atoms with Crippen LogP contribution in [0, 0.1) is 27.8 Å². The Hall–Kier alpha value is -2.02. The van der Waals surface area contributed by atoms with Crippen LogP contribution < -0.4 is 5.32 Å². The van der Waals surface area contributed by atoms with Crippen molar-refractivity contribution in [3.05, 3.63) is 39.7 Å². The summed E-state index contributed by atoms with van der Waals surface area (Å²) in [7, 11) is 0. The molecule has 1 unspecified atom stereocenters. The predicted molar refractivity (Wildman–Crippen MR) is 80.0 cm³/mol. The average molecular weight is 312 g/mol. The van der Waals surface area contributed by atoms with Gasteiger partial charge < -0.3 is 10.4 Å². The van der Waals surface area contributed by atoms with Gasteiger partial charge in [-0.25, -0.2) is 4.39 Å². The molecule has 0 fully saturated rings. The van der Waals surface area contributed by atoms with Crippen LogP contribution in [0.5, 0.6) is 0 Å². The van der Waals surface area contributed by atoms with E-state index < -0.39 is 22.3 Å². The number of nitrogens with one attached hydrogen (secondary N) is 1.